The second kappa shape index (κ2) is 8.92. The Morgan fingerprint density at radius 1 is 0.920 bits per heavy atom. The van der Waals surface area contributed by atoms with Gasteiger partial charge in [-0.2, -0.15) is 0 Å². The average Bonchev–Trinajstić information content (AvgIpc) is 2.56. The van der Waals surface area contributed by atoms with Gasteiger partial charge in [0.05, 0.1) is 0 Å². The molecule has 0 unspecified atom stereocenters. The quantitative estimate of drug-likeness (QED) is 0.786. The standard InChI is InChI=1S/C19H20F2N2O2/c1-2-4-18(24)22-15-5-3-6-16(12-15)23-19(25)10-7-13-11-14(20)8-9-17(13)21/h3,5-6,8-9,11-12H,2,4,7,10H2,1H3,(H,22,24)(H,23,25). The summed E-state index contributed by atoms with van der Waals surface area (Å²) in [6, 6.07) is 9.95. The molecule has 0 atom stereocenters. The molecule has 0 fully saturated rings. The third-order valence-electron chi connectivity index (χ3n) is 3.54. The zero-order valence-electron chi connectivity index (χ0n) is 13.9. The normalized spacial score (nSPS) is 10.4. The summed E-state index contributed by atoms with van der Waals surface area (Å²) in [5.41, 5.74) is 1.28. The van der Waals surface area contributed by atoms with Crippen LogP contribution >= 0.6 is 0 Å². The van der Waals surface area contributed by atoms with E-state index in [0.29, 0.717) is 17.8 Å². The number of halogens is 2. The second-order valence-corrected chi connectivity index (χ2v) is 5.66. The molecule has 0 bridgehead atoms. The van der Waals surface area contributed by atoms with Gasteiger partial charge in [-0.25, -0.2) is 8.78 Å². The zero-order valence-corrected chi connectivity index (χ0v) is 13.9. The van der Waals surface area contributed by atoms with Crippen LogP contribution < -0.4 is 10.6 Å². The summed E-state index contributed by atoms with van der Waals surface area (Å²) in [6.07, 6.45) is 1.30. The lowest BCUT2D eigenvalue weighted by Crippen LogP contribution is -2.14. The molecule has 25 heavy (non-hydrogen) atoms. The van der Waals surface area contributed by atoms with Gasteiger partial charge in [0.1, 0.15) is 11.6 Å². The lowest BCUT2D eigenvalue weighted by atomic mass is 10.1. The van der Waals surface area contributed by atoms with Crippen molar-refractivity contribution in [3.05, 3.63) is 59.7 Å². The van der Waals surface area contributed by atoms with Crippen LogP contribution in [-0.2, 0) is 16.0 Å². The van der Waals surface area contributed by atoms with Crippen molar-refractivity contribution >= 4 is 23.2 Å². The molecule has 0 aliphatic carbocycles. The molecule has 132 valence electrons. The highest BCUT2D eigenvalue weighted by atomic mass is 19.1. The van der Waals surface area contributed by atoms with E-state index in [0.717, 1.165) is 24.6 Å². The molecule has 0 saturated heterocycles. The summed E-state index contributed by atoms with van der Waals surface area (Å²) in [4.78, 5) is 23.6. The summed E-state index contributed by atoms with van der Waals surface area (Å²) in [5, 5.41) is 5.43. The van der Waals surface area contributed by atoms with Crippen molar-refractivity contribution in [2.75, 3.05) is 10.6 Å². The predicted octanol–water partition coefficient (Wildman–Crippen LogP) is 4.27. The van der Waals surface area contributed by atoms with Crippen molar-refractivity contribution in [3.63, 3.8) is 0 Å². The lowest BCUT2D eigenvalue weighted by Gasteiger charge is -2.09. The third kappa shape index (κ3) is 5.99. The van der Waals surface area contributed by atoms with E-state index in [9.17, 15) is 18.4 Å². The van der Waals surface area contributed by atoms with Crippen LogP contribution in [0, 0.1) is 11.6 Å². The number of hydrogen-bond donors (Lipinski definition) is 2. The Kier molecular flexibility index (Phi) is 6.62. The highest BCUT2D eigenvalue weighted by molar-refractivity contribution is 5.94. The first kappa shape index (κ1) is 18.6. The van der Waals surface area contributed by atoms with E-state index in [2.05, 4.69) is 10.6 Å². The minimum atomic E-state index is -0.535. The van der Waals surface area contributed by atoms with Gasteiger partial charge >= 0.3 is 0 Å². The van der Waals surface area contributed by atoms with Crippen molar-refractivity contribution < 1.29 is 18.4 Å². The van der Waals surface area contributed by atoms with Crippen LogP contribution in [0.5, 0.6) is 0 Å². The maximum atomic E-state index is 13.5. The Morgan fingerprint density at radius 2 is 1.56 bits per heavy atom. The van der Waals surface area contributed by atoms with Crippen molar-refractivity contribution in [1.82, 2.24) is 0 Å². The van der Waals surface area contributed by atoms with E-state index in [-0.39, 0.29) is 30.2 Å². The van der Waals surface area contributed by atoms with E-state index in [1.165, 1.54) is 0 Å². The molecule has 0 radical (unpaired) electrons. The summed E-state index contributed by atoms with van der Waals surface area (Å²) in [6.45, 7) is 1.91. The molecule has 2 rings (SSSR count). The van der Waals surface area contributed by atoms with Gasteiger partial charge in [-0.15, -0.1) is 0 Å². The maximum absolute atomic E-state index is 13.5. The van der Waals surface area contributed by atoms with Crippen LogP contribution in [0.1, 0.15) is 31.7 Å². The second-order valence-electron chi connectivity index (χ2n) is 5.66. The molecule has 4 nitrogen and oxygen atoms in total. The molecule has 6 heteroatoms. The molecule has 0 saturated carbocycles. The third-order valence-corrected chi connectivity index (χ3v) is 3.54. The zero-order chi connectivity index (χ0) is 18.2. The Morgan fingerprint density at radius 3 is 2.20 bits per heavy atom. The molecular weight excluding hydrogens is 326 g/mol. The van der Waals surface area contributed by atoms with Gasteiger partial charge in [-0.3, -0.25) is 9.59 Å². The molecule has 2 amide bonds. The molecule has 0 spiro atoms. The van der Waals surface area contributed by atoms with Crippen molar-refractivity contribution in [2.24, 2.45) is 0 Å². The van der Waals surface area contributed by atoms with E-state index < -0.39 is 11.6 Å². The van der Waals surface area contributed by atoms with Crippen LogP contribution in [0.2, 0.25) is 0 Å². The van der Waals surface area contributed by atoms with E-state index in [1.807, 2.05) is 6.92 Å². The summed E-state index contributed by atoms with van der Waals surface area (Å²) in [7, 11) is 0. The minimum absolute atomic E-state index is 0.0206. The van der Waals surface area contributed by atoms with Crippen LogP contribution in [0.15, 0.2) is 42.5 Å². The highest BCUT2D eigenvalue weighted by Crippen LogP contribution is 2.17. The number of rotatable bonds is 7. The van der Waals surface area contributed by atoms with E-state index in [1.54, 1.807) is 24.3 Å². The fraction of sp³-hybridized carbons (Fsp3) is 0.263. The van der Waals surface area contributed by atoms with Crippen molar-refractivity contribution in [3.8, 4) is 0 Å². The van der Waals surface area contributed by atoms with E-state index >= 15 is 0 Å². The van der Waals surface area contributed by atoms with Crippen molar-refractivity contribution in [1.29, 1.82) is 0 Å². The number of carbonyl (C=O) groups is 2. The SMILES string of the molecule is CCCC(=O)Nc1cccc(NC(=O)CCc2cc(F)ccc2F)c1. The summed E-state index contributed by atoms with van der Waals surface area (Å²) in [5.74, 6) is -1.48. The maximum Gasteiger partial charge on any atom is 0.224 e. The first-order valence-corrected chi connectivity index (χ1v) is 8.11. The van der Waals surface area contributed by atoms with Gasteiger partial charge in [0.25, 0.3) is 0 Å². The van der Waals surface area contributed by atoms with Gasteiger partial charge in [-0.1, -0.05) is 13.0 Å². The number of aryl methyl sites for hydroxylation is 1. The highest BCUT2D eigenvalue weighted by Gasteiger charge is 2.09. The molecule has 2 aromatic rings. The number of nitrogens with one attached hydrogen (secondary N) is 2. The molecule has 2 N–H and O–H groups in total. The Bertz CT molecular complexity index is 763. The van der Waals surface area contributed by atoms with Crippen molar-refractivity contribution in [2.45, 2.75) is 32.6 Å². The Balaban J connectivity index is 1.92. The monoisotopic (exact) mass is 346 g/mol. The van der Waals surface area contributed by atoms with Crippen LogP contribution in [0.3, 0.4) is 0 Å². The number of hydrogen-bond acceptors (Lipinski definition) is 2. The fourth-order valence-corrected chi connectivity index (χ4v) is 2.33. The Hall–Kier alpha value is -2.76. The van der Waals surface area contributed by atoms with Gasteiger partial charge in [0.2, 0.25) is 11.8 Å². The topological polar surface area (TPSA) is 58.2 Å². The lowest BCUT2D eigenvalue weighted by molar-refractivity contribution is -0.117. The minimum Gasteiger partial charge on any atom is -0.326 e. The predicted molar refractivity (Wildman–Crippen MR) is 93.3 cm³/mol. The summed E-state index contributed by atoms with van der Waals surface area (Å²) < 4.78 is 26.7. The van der Waals surface area contributed by atoms with Crippen LogP contribution in [0.25, 0.3) is 0 Å². The molecule has 0 heterocycles. The van der Waals surface area contributed by atoms with E-state index in [4.69, 9.17) is 0 Å². The first-order valence-electron chi connectivity index (χ1n) is 8.11. The Labute approximate surface area is 145 Å². The number of benzene rings is 2. The average molecular weight is 346 g/mol. The van der Waals surface area contributed by atoms with Gasteiger partial charge in [0.15, 0.2) is 0 Å². The molecule has 0 aliphatic heterocycles. The smallest absolute Gasteiger partial charge is 0.224 e. The molecule has 2 aromatic carbocycles. The van der Waals surface area contributed by atoms with Gasteiger partial charge < -0.3 is 10.6 Å². The van der Waals surface area contributed by atoms with Gasteiger partial charge in [0, 0.05) is 24.2 Å². The van der Waals surface area contributed by atoms with Crippen LogP contribution in [-0.4, -0.2) is 11.8 Å². The van der Waals surface area contributed by atoms with Gasteiger partial charge in [-0.05, 0) is 54.8 Å². The summed E-state index contributed by atoms with van der Waals surface area (Å²) >= 11 is 0. The fourth-order valence-electron chi connectivity index (χ4n) is 2.33. The number of carbonyl (C=O) groups excluding carboxylic acids is 2. The van der Waals surface area contributed by atoms with Crippen LogP contribution in [0.4, 0.5) is 20.2 Å². The largest absolute Gasteiger partial charge is 0.326 e. The number of anilines is 2. The molecule has 0 aliphatic rings. The number of amides is 2. The first-order chi connectivity index (χ1) is 12.0. The molecule has 0 aromatic heterocycles. The molecular formula is C19H20F2N2O2.